The fourth-order valence-electron chi connectivity index (χ4n) is 3.69. The number of pyridine rings is 4. The molecule has 33 heavy (non-hydrogen) atoms. The average Bonchev–Trinajstić information content (AvgIpc) is 3.25. The van der Waals surface area contributed by atoms with Gasteiger partial charge in [0.1, 0.15) is 22.9 Å². The van der Waals surface area contributed by atoms with E-state index in [-0.39, 0.29) is 0 Å². The number of nitrogen functional groups attached to an aromatic ring is 1. The number of aromatic nitrogens is 6. The van der Waals surface area contributed by atoms with Gasteiger partial charge in [0.05, 0.1) is 47.1 Å². The Kier molecular flexibility index (Phi) is 4.90. The summed E-state index contributed by atoms with van der Waals surface area (Å²) >= 11 is 0. The van der Waals surface area contributed by atoms with Crippen molar-refractivity contribution >= 4 is 27.9 Å². The fourth-order valence-corrected chi connectivity index (χ4v) is 3.69. The van der Waals surface area contributed by atoms with Crippen LogP contribution in [0.5, 0.6) is 5.75 Å². The van der Waals surface area contributed by atoms with Gasteiger partial charge in [-0.25, -0.2) is 15.0 Å². The lowest BCUT2D eigenvalue weighted by atomic mass is 10.0. The van der Waals surface area contributed by atoms with Crippen LogP contribution in [0.1, 0.15) is 26.5 Å². The second-order valence-corrected chi connectivity index (χ2v) is 8.33. The summed E-state index contributed by atoms with van der Waals surface area (Å²) in [5, 5.41) is 0. The van der Waals surface area contributed by atoms with Crippen molar-refractivity contribution < 1.29 is 4.74 Å². The third kappa shape index (κ3) is 3.72. The Morgan fingerprint density at radius 2 is 1.82 bits per heavy atom. The lowest BCUT2D eigenvalue weighted by Gasteiger charge is -2.18. The molecule has 0 bridgehead atoms. The van der Waals surface area contributed by atoms with Gasteiger partial charge in [0.25, 0.3) is 0 Å². The third-order valence-corrected chi connectivity index (χ3v) is 5.38. The van der Waals surface area contributed by atoms with Crippen LogP contribution < -0.4 is 16.2 Å². The van der Waals surface area contributed by atoms with E-state index in [9.17, 15) is 0 Å². The van der Waals surface area contributed by atoms with Crippen LogP contribution in [0.4, 0.5) is 5.82 Å². The molecular weight excluding hydrogens is 416 g/mol. The molecular formula is C24H24N8O. The van der Waals surface area contributed by atoms with E-state index in [0.29, 0.717) is 18.2 Å². The number of ether oxygens (including phenoxy) is 1. The van der Waals surface area contributed by atoms with E-state index in [2.05, 4.69) is 19.9 Å². The van der Waals surface area contributed by atoms with Crippen LogP contribution in [0.2, 0.25) is 0 Å². The maximum Gasteiger partial charge on any atom is 0.166 e. The molecule has 4 N–H and O–H groups in total. The van der Waals surface area contributed by atoms with Gasteiger partial charge < -0.3 is 16.2 Å². The Morgan fingerprint density at radius 1 is 0.970 bits per heavy atom. The number of fused-ring (bicyclic) bond motifs is 3. The number of imidazole rings is 1. The van der Waals surface area contributed by atoms with Crippen LogP contribution >= 0.6 is 0 Å². The van der Waals surface area contributed by atoms with Gasteiger partial charge in [0.2, 0.25) is 0 Å². The highest BCUT2D eigenvalue weighted by atomic mass is 16.5. The first kappa shape index (κ1) is 20.8. The molecule has 0 saturated heterocycles. The lowest BCUT2D eigenvalue weighted by molar-refractivity contribution is 0.341. The summed E-state index contributed by atoms with van der Waals surface area (Å²) < 4.78 is 7.56. The molecule has 0 spiro atoms. The highest BCUT2D eigenvalue weighted by molar-refractivity contribution is 6.01. The van der Waals surface area contributed by atoms with E-state index in [1.165, 1.54) is 0 Å². The van der Waals surface area contributed by atoms with Gasteiger partial charge in [-0.3, -0.25) is 14.5 Å². The van der Waals surface area contributed by atoms with Crippen LogP contribution in [-0.4, -0.2) is 36.1 Å². The Balaban J connectivity index is 1.67. The first-order valence-corrected chi connectivity index (χ1v) is 10.6. The number of nitrogens with zero attached hydrogens (tertiary/aromatic N) is 6. The highest BCUT2D eigenvalue weighted by Gasteiger charge is 2.17. The van der Waals surface area contributed by atoms with Crippen molar-refractivity contribution in [2.75, 3.05) is 12.3 Å². The Hall–Kier alpha value is -4.11. The molecule has 0 aliphatic heterocycles. The molecule has 5 rings (SSSR count). The van der Waals surface area contributed by atoms with Gasteiger partial charge in [-0.15, -0.1) is 0 Å². The van der Waals surface area contributed by atoms with Crippen molar-refractivity contribution in [2.45, 2.75) is 26.3 Å². The smallest absolute Gasteiger partial charge is 0.166 e. The molecule has 5 aromatic rings. The van der Waals surface area contributed by atoms with Crippen LogP contribution in [0, 0.1) is 0 Å². The second-order valence-electron chi connectivity index (χ2n) is 8.33. The van der Waals surface area contributed by atoms with E-state index in [0.717, 1.165) is 44.7 Å². The maximum absolute atomic E-state index is 6.18. The van der Waals surface area contributed by atoms with Gasteiger partial charge in [-0.1, -0.05) is 0 Å². The van der Waals surface area contributed by atoms with Gasteiger partial charge in [0, 0.05) is 11.8 Å². The van der Waals surface area contributed by atoms with Crippen LogP contribution in [0.3, 0.4) is 0 Å². The molecule has 0 aromatic carbocycles. The summed E-state index contributed by atoms with van der Waals surface area (Å²) in [6.45, 7) is 6.25. The van der Waals surface area contributed by atoms with E-state index in [1.54, 1.807) is 24.9 Å². The molecule has 0 saturated carbocycles. The minimum atomic E-state index is -0.518. The number of hydrogen-bond donors (Lipinski definition) is 2. The summed E-state index contributed by atoms with van der Waals surface area (Å²) in [6, 6.07) is 9.60. The summed E-state index contributed by atoms with van der Waals surface area (Å²) in [7, 11) is 0. The van der Waals surface area contributed by atoms with E-state index < -0.39 is 5.54 Å². The quantitative estimate of drug-likeness (QED) is 0.424. The molecule has 0 aliphatic carbocycles. The zero-order valence-electron chi connectivity index (χ0n) is 18.6. The Bertz CT molecular complexity index is 1470. The van der Waals surface area contributed by atoms with Crippen LogP contribution in [0.25, 0.3) is 39.0 Å². The van der Waals surface area contributed by atoms with E-state index in [1.807, 2.05) is 55.7 Å². The predicted octanol–water partition coefficient (Wildman–Crippen LogP) is 3.60. The second kappa shape index (κ2) is 7.79. The molecule has 9 heteroatoms. The van der Waals surface area contributed by atoms with Crippen LogP contribution in [0.15, 0.2) is 55.2 Å². The molecule has 0 amide bonds. The summed E-state index contributed by atoms with van der Waals surface area (Å²) in [5.74, 6) is 0.882. The van der Waals surface area contributed by atoms with Crippen molar-refractivity contribution in [3.63, 3.8) is 0 Å². The molecule has 0 unspecified atom stereocenters. The van der Waals surface area contributed by atoms with E-state index >= 15 is 0 Å². The molecule has 0 aliphatic rings. The van der Waals surface area contributed by atoms with Gasteiger partial charge in [0.15, 0.2) is 11.6 Å². The first-order valence-electron chi connectivity index (χ1n) is 10.6. The Morgan fingerprint density at radius 3 is 2.55 bits per heavy atom. The standard InChI is InChI=1S/C24H24N8O/c1-4-33-19-9-14(10-29-23(19)25)16-6-7-17-21(31-16)22-18(12-27-17)30-13-32(22)15-5-8-20(28-11-15)24(2,3)26/h5-13H,4,26H2,1-3H3,(H2,25,29). The third-order valence-electron chi connectivity index (χ3n) is 5.38. The summed E-state index contributed by atoms with van der Waals surface area (Å²) in [4.78, 5) is 22.8. The molecule has 5 heterocycles. The van der Waals surface area contributed by atoms with Crippen molar-refractivity contribution in [1.29, 1.82) is 0 Å². The first-order chi connectivity index (χ1) is 15.8. The van der Waals surface area contributed by atoms with Crippen LogP contribution in [-0.2, 0) is 5.54 Å². The predicted molar refractivity (Wildman–Crippen MR) is 128 cm³/mol. The molecule has 0 fully saturated rings. The monoisotopic (exact) mass is 440 g/mol. The number of hydrogen-bond acceptors (Lipinski definition) is 8. The number of nitrogens with two attached hydrogens (primary N) is 2. The van der Waals surface area contributed by atoms with Crippen molar-refractivity contribution in [2.24, 2.45) is 5.73 Å². The number of rotatable bonds is 5. The molecule has 166 valence electrons. The molecule has 0 atom stereocenters. The summed E-state index contributed by atoms with van der Waals surface area (Å²) in [6.07, 6.45) is 6.98. The van der Waals surface area contributed by atoms with Gasteiger partial charge in [-0.2, -0.15) is 0 Å². The number of anilines is 1. The highest BCUT2D eigenvalue weighted by Crippen LogP contribution is 2.30. The SMILES string of the molecule is CCOc1cc(-c2ccc3ncc4ncn(-c5ccc(C(C)(C)N)nc5)c4c3n2)cnc1N. The summed E-state index contributed by atoms with van der Waals surface area (Å²) in [5.41, 5.74) is 17.9. The Labute approximate surface area is 190 Å². The zero-order valence-corrected chi connectivity index (χ0v) is 18.6. The lowest BCUT2D eigenvalue weighted by Crippen LogP contribution is -2.29. The largest absolute Gasteiger partial charge is 0.490 e. The van der Waals surface area contributed by atoms with Crippen molar-refractivity contribution in [3.05, 3.63) is 60.9 Å². The fraction of sp³-hybridized carbons (Fsp3) is 0.208. The van der Waals surface area contributed by atoms with Crippen molar-refractivity contribution in [1.82, 2.24) is 29.5 Å². The van der Waals surface area contributed by atoms with E-state index in [4.69, 9.17) is 21.2 Å². The van der Waals surface area contributed by atoms with Gasteiger partial charge in [-0.05, 0) is 51.1 Å². The molecule has 0 radical (unpaired) electrons. The molecule has 9 nitrogen and oxygen atoms in total. The van der Waals surface area contributed by atoms with Gasteiger partial charge >= 0.3 is 0 Å². The average molecular weight is 441 g/mol. The maximum atomic E-state index is 6.18. The zero-order chi connectivity index (χ0) is 23.2. The minimum Gasteiger partial charge on any atom is -0.490 e. The minimum absolute atomic E-state index is 0.347. The van der Waals surface area contributed by atoms with Crippen molar-refractivity contribution in [3.8, 4) is 22.7 Å². The molecule has 5 aromatic heterocycles. The normalized spacial score (nSPS) is 11.9. The topological polar surface area (TPSA) is 131 Å².